The standard InChI is InChI=1S/C10H18BNO3/c1-10(2,3)15-9(14)12-6-4-5-7(12)8(11)13/h7-8,13H,4-6H2,1-3H3/t7-,8?/m0/s1. The van der Waals surface area contributed by atoms with E-state index >= 15 is 0 Å². The maximum absolute atomic E-state index is 11.7. The van der Waals surface area contributed by atoms with Crippen molar-refractivity contribution < 1.29 is 14.6 Å². The molecule has 1 amide bonds. The Kier molecular flexibility index (Phi) is 3.65. The summed E-state index contributed by atoms with van der Waals surface area (Å²) in [5, 5.41) is 9.30. The van der Waals surface area contributed by atoms with E-state index in [0.29, 0.717) is 6.54 Å². The average Bonchev–Trinajstić information content (AvgIpc) is 2.47. The van der Waals surface area contributed by atoms with Crippen molar-refractivity contribution in [2.45, 2.75) is 51.3 Å². The molecule has 1 unspecified atom stereocenters. The van der Waals surface area contributed by atoms with Gasteiger partial charge in [0.25, 0.3) is 0 Å². The first-order valence-corrected chi connectivity index (χ1v) is 5.24. The van der Waals surface area contributed by atoms with Crippen LogP contribution in [-0.4, -0.2) is 48.1 Å². The molecule has 1 aliphatic rings. The summed E-state index contributed by atoms with van der Waals surface area (Å²) in [6, 6.07) is -1.29. The lowest BCUT2D eigenvalue weighted by Gasteiger charge is -2.30. The van der Waals surface area contributed by atoms with Crippen molar-refractivity contribution in [1.29, 1.82) is 0 Å². The van der Waals surface area contributed by atoms with E-state index in [2.05, 4.69) is 0 Å². The number of aliphatic hydroxyl groups excluding tert-OH is 1. The molecule has 5 heteroatoms. The molecule has 2 radical (unpaired) electrons. The van der Waals surface area contributed by atoms with Gasteiger partial charge in [0.15, 0.2) is 0 Å². The highest BCUT2D eigenvalue weighted by atomic mass is 16.6. The summed E-state index contributed by atoms with van der Waals surface area (Å²) in [6.45, 7) is 6.05. The molecule has 1 heterocycles. The second kappa shape index (κ2) is 4.43. The summed E-state index contributed by atoms with van der Waals surface area (Å²) in [5.74, 6) is 0. The van der Waals surface area contributed by atoms with Gasteiger partial charge in [-0.05, 0) is 33.6 Å². The topological polar surface area (TPSA) is 49.8 Å². The highest BCUT2D eigenvalue weighted by Gasteiger charge is 2.34. The smallest absolute Gasteiger partial charge is 0.410 e. The number of amides is 1. The minimum absolute atomic E-state index is 0.306. The molecule has 0 aromatic carbocycles. The van der Waals surface area contributed by atoms with Crippen molar-refractivity contribution in [3.8, 4) is 0 Å². The summed E-state index contributed by atoms with van der Waals surface area (Å²) < 4.78 is 5.22. The van der Waals surface area contributed by atoms with Gasteiger partial charge in [-0.3, -0.25) is 0 Å². The second-order valence-corrected chi connectivity index (χ2v) is 4.87. The zero-order chi connectivity index (χ0) is 11.6. The zero-order valence-corrected chi connectivity index (χ0v) is 9.56. The molecule has 1 N–H and O–H groups in total. The second-order valence-electron chi connectivity index (χ2n) is 4.87. The van der Waals surface area contributed by atoms with Crippen LogP contribution in [0.3, 0.4) is 0 Å². The van der Waals surface area contributed by atoms with Crippen LogP contribution in [0.2, 0.25) is 0 Å². The molecule has 0 aromatic rings. The van der Waals surface area contributed by atoms with E-state index in [1.807, 2.05) is 20.8 Å². The van der Waals surface area contributed by atoms with E-state index < -0.39 is 17.7 Å². The number of hydrogen-bond donors (Lipinski definition) is 1. The fourth-order valence-corrected chi connectivity index (χ4v) is 1.69. The molecule has 1 saturated heterocycles. The van der Waals surface area contributed by atoms with E-state index in [1.165, 1.54) is 4.90 Å². The van der Waals surface area contributed by atoms with Gasteiger partial charge in [-0.25, -0.2) is 4.79 Å². The quantitative estimate of drug-likeness (QED) is 0.654. The maximum Gasteiger partial charge on any atom is 0.410 e. The van der Waals surface area contributed by atoms with Crippen molar-refractivity contribution in [1.82, 2.24) is 4.90 Å². The molecule has 0 bridgehead atoms. The van der Waals surface area contributed by atoms with Crippen LogP contribution in [-0.2, 0) is 4.74 Å². The van der Waals surface area contributed by atoms with Gasteiger partial charge < -0.3 is 14.7 Å². The van der Waals surface area contributed by atoms with Crippen LogP contribution in [0, 0.1) is 0 Å². The number of aliphatic hydroxyl groups is 1. The van der Waals surface area contributed by atoms with Gasteiger partial charge >= 0.3 is 6.09 Å². The zero-order valence-electron chi connectivity index (χ0n) is 9.56. The van der Waals surface area contributed by atoms with Crippen molar-refractivity contribution in [3.63, 3.8) is 0 Å². The molecule has 1 fully saturated rings. The maximum atomic E-state index is 11.7. The largest absolute Gasteiger partial charge is 0.444 e. The SMILES string of the molecule is [B]C(O)[C@@H]1CCCN1C(=O)OC(C)(C)C. The first kappa shape index (κ1) is 12.4. The first-order chi connectivity index (χ1) is 6.81. The highest BCUT2D eigenvalue weighted by Crippen LogP contribution is 2.22. The minimum Gasteiger partial charge on any atom is -0.444 e. The normalized spacial score (nSPS) is 24.0. The third-order valence-corrected chi connectivity index (χ3v) is 2.32. The molecular weight excluding hydrogens is 193 g/mol. The molecule has 15 heavy (non-hydrogen) atoms. The van der Waals surface area contributed by atoms with Crippen LogP contribution >= 0.6 is 0 Å². The van der Waals surface area contributed by atoms with Gasteiger partial charge in [0.2, 0.25) is 0 Å². The van der Waals surface area contributed by atoms with Crippen LogP contribution < -0.4 is 0 Å². The fraction of sp³-hybridized carbons (Fsp3) is 0.900. The molecule has 0 spiro atoms. The Bertz CT molecular complexity index is 237. The molecule has 1 rings (SSSR count). The molecule has 0 aromatic heterocycles. The first-order valence-electron chi connectivity index (χ1n) is 5.24. The lowest BCUT2D eigenvalue weighted by atomic mass is 9.91. The Morgan fingerprint density at radius 2 is 2.20 bits per heavy atom. The van der Waals surface area contributed by atoms with Crippen LogP contribution in [0.5, 0.6) is 0 Å². The summed E-state index contributed by atoms with van der Waals surface area (Å²) in [7, 11) is 5.40. The minimum atomic E-state index is -0.986. The van der Waals surface area contributed by atoms with Gasteiger partial charge in [0.1, 0.15) is 13.4 Å². The number of hydrogen-bond acceptors (Lipinski definition) is 3. The molecule has 2 atom stereocenters. The van der Waals surface area contributed by atoms with E-state index in [0.717, 1.165) is 12.8 Å². The van der Waals surface area contributed by atoms with Gasteiger partial charge in [0.05, 0.1) is 6.04 Å². The van der Waals surface area contributed by atoms with Gasteiger partial charge in [-0.15, -0.1) is 0 Å². The Labute approximate surface area is 92.0 Å². The van der Waals surface area contributed by atoms with E-state index in [1.54, 1.807) is 0 Å². The molecular formula is C10H18BNO3. The molecule has 1 aliphatic heterocycles. The Hall–Kier alpha value is -0.705. The summed E-state index contributed by atoms with van der Waals surface area (Å²) >= 11 is 0. The van der Waals surface area contributed by atoms with Gasteiger partial charge in [0, 0.05) is 12.5 Å². The van der Waals surface area contributed by atoms with Crippen LogP contribution in [0.15, 0.2) is 0 Å². The third kappa shape index (κ3) is 3.41. The lowest BCUT2D eigenvalue weighted by Crippen LogP contribution is -2.45. The van der Waals surface area contributed by atoms with Crippen molar-refractivity contribution in [3.05, 3.63) is 0 Å². The predicted molar refractivity (Wildman–Crippen MR) is 57.7 cm³/mol. The fourth-order valence-electron chi connectivity index (χ4n) is 1.69. The number of carbonyl (C=O) groups is 1. The Balaban J connectivity index is 2.59. The van der Waals surface area contributed by atoms with Crippen molar-refractivity contribution in [2.75, 3.05) is 6.54 Å². The summed E-state index contributed by atoms with van der Waals surface area (Å²) in [4.78, 5) is 13.2. The Morgan fingerprint density at radius 1 is 1.60 bits per heavy atom. The third-order valence-electron chi connectivity index (χ3n) is 2.32. The molecule has 0 aliphatic carbocycles. The van der Waals surface area contributed by atoms with Crippen LogP contribution in [0.4, 0.5) is 4.79 Å². The van der Waals surface area contributed by atoms with Gasteiger partial charge in [-0.1, -0.05) is 0 Å². The number of likely N-dealkylation sites (tertiary alicyclic amines) is 1. The summed E-state index contributed by atoms with van der Waals surface area (Å²) in [5.41, 5.74) is -0.510. The number of nitrogens with zero attached hydrogens (tertiary/aromatic N) is 1. The average molecular weight is 211 g/mol. The molecule has 4 nitrogen and oxygen atoms in total. The molecule has 0 saturated carbocycles. The van der Waals surface area contributed by atoms with Crippen LogP contribution in [0.25, 0.3) is 0 Å². The monoisotopic (exact) mass is 211 g/mol. The van der Waals surface area contributed by atoms with Crippen LogP contribution in [0.1, 0.15) is 33.6 Å². The number of rotatable bonds is 1. The van der Waals surface area contributed by atoms with E-state index in [-0.39, 0.29) is 6.04 Å². The van der Waals surface area contributed by atoms with E-state index in [4.69, 9.17) is 12.6 Å². The van der Waals surface area contributed by atoms with Gasteiger partial charge in [-0.2, -0.15) is 0 Å². The molecule has 84 valence electrons. The van der Waals surface area contributed by atoms with Crippen molar-refractivity contribution in [2.24, 2.45) is 0 Å². The van der Waals surface area contributed by atoms with E-state index in [9.17, 15) is 9.90 Å². The lowest BCUT2D eigenvalue weighted by molar-refractivity contribution is 0.0144. The summed E-state index contributed by atoms with van der Waals surface area (Å²) in [6.07, 6.45) is 1.20. The Morgan fingerprint density at radius 3 is 2.67 bits per heavy atom. The highest BCUT2D eigenvalue weighted by molar-refractivity contribution is 6.11. The number of carbonyl (C=O) groups excluding carboxylic acids is 1. The predicted octanol–water partition coefficient (Wildman–Crippen LogP) is 0.873. The number of ether oxygens (including phenoxy) is 1. The van der Waals surface area contributed by atoms with Crippen molar-refractivity contribution >= 4 is 13.9 Å².